The summed E-state index contributed by atoms with van der Waals surface area (Å²) in [6.45, 7) is 1.73. The van der Waals surface area contributed by atoms with Crippen molar-refractivity contribution in [2.24, 2.45) is 0 Å². The van der Waals surface area contributed by atoms with Crippen molar-refractivity contribution in [2.75, 3.05) is 24.7 Å². The highest BCUT2D eigenvalue weighted by Gasteiger charge is 2.31. The topological polar surface area (TPSA) is 45.2 Å². The van der Waals surface area contributed by atoms with Crippen LogP contribution < -0.4 is 5.32 Å². The van der Waals surface area contributed by atoms with Crippen LogP contribution in [0.15, 0.2) is 24.3 Å². The van der Waals surface area contributed by atoms with Gasteiger partial charge in [0.05, 0.1) is 21.3 Å². The maximum Gasteiger partial charge on any atom is 0.240 e. The fourth-order valence-corrected chi connectivity index (χ4v) is 5.26. The SMILES string of the molecule is O=C(C1CSCN1)N1CCC(c2nc3ccccc3s2)CC1. The number of carbonyl (C=O) groups excluding carboxylic acids is 1. The van der Waals surface area contributed by atoms with Crippen LogP contribution in [0.25, 0.3) is 10.2 Å². The molecule has 1 aromatic heterocycles. The van der Waals surface area contributed by atoms with Crippen LogP contribution in [0.3, 0.4) is 0 Å². The molecule has 2 aliphatic heterocycles. The van der Waals surface area contributed by atoms with Crippen LogP contribution in [0.4, 0.5) is 0 Å². The van der Waals surface area contributed by atoms with Crippen LogP contribution in [-0.2, 0) is 4.79 Å². The molecule has 1 unspecified atom stereocenters. The molecule has 2 aromatic rings. The molecular weight excluding hydrogens is 314 g/mol. The van der Waals surface area contributed by atoms with Gasteiger partial charge in [0.1, 0.15) is 0 Å². The number of thiazole rings is 1. The van der Waals surface area contributed by atoms with Gasteiger partial charge in [-0.1, -0.05) is 12.1 Å². The van der Waals surface area contributed by atoms with E-state index in [9.17, 15) is 4.79 Å². The standard InChI is InChI=1S/C16H19N3OS2/c20-16(13-9-21-10-17-13)19-7-5-11(6-8-19)15-18-12-3-1-2-4-14(12)22-15/h1-4,11,13,17H,5-10H2. The quantitative estimate of drug-likeness (QED) is 0.918. The van der Waals surface area contributed by atoms with E-state index in [4.69, 9.17) is 4.98 Å². The van der Waals surface area contributed by atoms with Gasteiger partial charge in [0.25, 0.3) is 0 Å². The Kier molecular flexibility index (Phi) is 4.07. The maximum absolute atomic E-state index is 12.4. The van der Waals surface area contributed by atoms with Crippen molar-refractivity contribution >= 4 is 39.2 Å². The first kappa shape index (κ1) is 14.5. The van der Waals surface area contributed by atoms with Crippen LogP contribution in [0.5, 0.6) is 0 Å². The van der Waals surface area contributed by atoms with Gasteiger partial charge in [-0.3, -0.25) is 10.1 Å². The number of piperidine rings is 1. The molecular formula is C16H19N3OS2. The minimum absolute atomic E-state index is 0.0315. The number of nitrogens with one attached hydrogen (secondary N) is 1. The smallest absolute Gasteiger partial charge is 0.240 e. The molecule has 3 heterocycles. The summed E-state index contributed by atoms with van der Waals surface area (Å²) in [6.07, 6.45) is 2.07. The number of hydrogen-bond donors (Lipinski definition) is 1. The van der Waals surface area contributed by atoms with Gasteiger partial charge in [-0.25, -0.2) is 4.98 Å². The van der Waals surface area contributed by atoms with Crippen molar-refractivity contribution in [1.82, 2.24) is 15.2 Å². The van der Waals surface area contributed by atoms with E-state index in [1.165, 1.54) is 9.71 Å². The number of amides is 1. The van der Waals surface area contributed by atoms with Gasteiger partial charge in [-0.15, -0.1) is 23.1 Å². The monoisotopic (exact) mass is 333 g/mol. The third-order valence-corrected chi connectivity index (χ3v) is 6.62. The predicted octanol–water partition coefficient (Wildman–Crippen LogP) is 2.66. The minimum Gasteiger partial charge on any atom is -0.341 e. The molecule has 0 aliphatic carbocycles. The molecule has 2 aliphatic rings. The Labute approximate surface area is 138 Å². The maximum atomic E-state index is 12.4. The summed E-state index contributed by atoms with van der Waals surface area (Å²) < 4.78 is 1.27. The molecule has 2 fully saturated rings. The molecule has 4 nitrogen and oxygen atoms in total. The van der Waals surface area contributed by atoms with E-state index in [0.717, 1.165) is 43.1 Å². The number of rotatable bonds is 2. The molecule has 0 radical (unpaired) electrons. The normalized spacial score (nSPS) is 23.3. The lowest BCUT2D eigenvalue weighted by Gasteiger charge is -2.32. The fraction of sp³-hybridized carbons (Fsp3) is 0.500. The number of para-hydroxylation sites is 1. The first-order chi connectivity index (χ1) is 10.8. The second-order valence-corrected chi connectivity index (χ2v) is 7.98. The Morgan fingerprint density at radius 3 is 2.82 bits per heavy atom. The van der Waals surface area contributed by atoms with Gasteiger partial charge in [-0.2, -0.15) is 0 Å². The van der Waals surface area contributed by atoms with Gasteiger partial charge in [0.15, 0.2) is 0 Å². The van der Waals surface area contributed by atoms with Crippen LogP contribution in [0.2, 0.25) is 0 Å². The summed E-state index contributed by atoms with van der Waals surface area (Å²) in [5, 5.41) is 4.51. The van der Waals surface area contributed by atoms with Crippen molar-refractivity contribution in [3.05, 3.63) is 29.3 Å². The highest BCUT2D eigenvalue weighted by atomic mass is 32.2. The zero-order chi connectivity index (χ0) is 14.9. The summed E-state index contributed by atoms with van der Waals surface area (Å²) >= 11 is 3.62. The lowest BCUT2D eigenvalue weighted by atomic mass is 9.97. The molecule has 1 amide bonds. The lowest BCUT2D eigenvalue weighted by molar-refractivity contribution is -0.133. The van der Waals surface area contributed by atoms with Crippen molar-refractivity contribution in [1.29, 1.82) is 0 Å². The minimum atomic E-state index is 0.0315. The predicted molar refractivity (Wildman–Crippen MR) is 92.4 cm³/mol. The first-order valence-corrected chi connectivity index (χ1v) is 9.74. The van der Waals surface area contributed by atoms with Crippen molar-refractivity contribution < 1.29 is 4.79 Å². The van der Waals surface area contributed by atoms with E-state index in [1.54, 1.807) is 0 Å². The Morgan fingerprint density at radius 2 is 2.09 bits per heavy atom. The van der Waals surface area contributed by atoms with E-state index < -0.39 is 0 Å². The molecule has 4 rings (SSSR count). The average Bonchev–Trinajstić information content (AvgIpc) is 3.23. The highest BCUT2D eigenvalue weighted by Crippen LogP contribution is 2.34. The summed E-state index contributed by atoms with van der Waals surface area (Å²) in [5.74, 6) is 2.61. The molecule has 2 saturated heterocycles. The number of benzene rings is 1. The van der Waals surface area contributed by atoms with Crippen LogP contribution >= 0.6 is 23.1 Å². The number of fused-ring (bicyclic) bond motifs is 1. The Bertz CT molecular complexity index is 640. The van der Waals surface area contributed by atoms with E-state index in [-0.39, 0.29) is 11.9 Å². The summed E-state index contributed by atoms with van der Waals surface area (Å²) in [5.41, 5.74) is 1.10. The highest BCUT2D eigenvalue weighted by molar-refractivity contribution is 7.99. The summed E-state index contributed by atoms with van der Waals surface area (Å²) in [6, 6.07) is 8.36. The molecule has 116 valence electrons. The number of aromatic nitrogens is 1. The van der Waals surface area contributed by atoms with Crippen molar-refractivity contribution in [3.63, 3.8) is 0 Å². The average molecular weight is 333 g/mol. The third-order valence-electron chi connectivity index (χ3n) is 4.48. The van der Waals surface area contributed by atoms with Gasteiger partial charge in [0, 0.05) is 30.6 Å². The number of likely N-dealkylation sites (tertiary alicyclic amines) is 1. The van der Waals surface area contributed by atoms with Crippen molar-refractivity contribution in [2.45, 2.75) is 24.8 Å². The Hall–Kier alpha value is -1.11. The number of thioether (sulfide) groups is 1. The first-order valence-electron chi connectivity index (χ1n) is 7.76. The number of hydrogen-bond acceptors (Lipinski definition) is 5. The number of nitrogens with zero attached hydrogens (tertiary/aromatic N) is 2. The molecule has 0 spiro atoms. The summed E-state index contributed by atoms with van der Waals surface area (Å²) in [7, 11) is 0. The zero-order valence-corrected chi connectivity index (χ0v) is 14.0. The fourth-order valence-electron chi connectivity index (χ4n) is 3.19. The molecule has 6 heteroatoms. The molecule has 1 aromatic carbocycles. The Balaban J connectivity index is 1.41. The molecule has 1 N–H and O–H groups in total. The third kappa shape index (κ3) is 2.75. The summed E-state index contributed by atoms with van der Waals surface area (Å²) in [4.78, 5) is 19.2. The van der Waals surface area contributed by atoms with Crippen LogP contribution in [-0.4, -0.2) is 46.6 Å². The van der Waals surface area contributed by atoms with Gasteiger partial charge < -0.3 is 4.90 Å². The van der Waals surface area contributed by atoms with Crippen molar-refractivity contribution in [3.8, 4) is 0 Å². The lowest BCUT2D eigenvalue weighted by Crippen LogP contribution is -2.47. The van der Waals surface area contributed by atoms with E-state index in [1.807, 2.05) is 34.1 Å². The molecule has 0 bridgehead atoms. The van der Waals surface area contributed by atoms with Crippen LogP contribution in [0, 0.1) is 0 Å². The molecule has 0 saturated carbocycles. The van der Waals surface area contributed by atoms with E-state index in [2.05, 4.69) is 23.5 Å². The van der Waals surface area contributed by atoms with Gasteiger partial charge in [0.2, 0.25) is 5.91 Å². The van der Waals surface area contributed by atoms with Crippen LogP contribution in [0.1, 0.15) is 23.8 Å². The molecule has 22 heavy (non-hydrogen) atoms. The van der Waals surface area contributed by atoms with Gasteiger partial charge in [-0.05, 0) is 25.0 Å². The number of carbonyl (C=O) groups is 1. The largest absolute Gasteiger partial charge is 0.341 e. The van der Waals surface area contributed by atoms with E-state index >= 15 is 0 Å². The Morgan fingerprint density at radius 1 is 1.27 bits per heavy atom. The second kappa shape index (κ2) is 6.18. The second-order valence-electron chi connectivity index (χ2n) is 5.89. The van der Waals surface area contributed by atoms with E-state index in [0.29, 0.717) is 5.92 Å². The molecule has 1 atom stereocenters. The zero-order valence-electron chi connectivity index (χ0n) is 12.3. The van der Waals surface area contributed by atoms with Gasteiger partial charge >= 0.3 is 0 Å².